The number of hydrogen-bond donors (Lipinski definition) is 0. The van der Waals surface area contributed by atoms with E-state index in [2.05, 4.69) is 71.4 Å². The molecular weight excluding hydrogens is 388 g/mol. The molecule has 2 heterocycles. The van der Waals surface area contributed by atoms with E-state index in [4.69, 9.17) is 4.42 Å². The van der Waals surface area contributed by atoms with E-state index in [1.165, 1.54) is 5.56 Å². The van der Waals surface area contributed by atoms with Crippen molar-refractivity contribution in [2.75, 3.05) is 0 Å². The lowest BCUT2D eigenvalue weighted by Gasteiger charge is -2.13. The quantitative estimate of drug-likeness (QED) is 0.363. The van der Waals surface area contributed by atoms with E-state index in [1.54, 1.807) is 0 Å². The Labute approximate surface area is 164 Å². The first-order chi connectivity index (χ1) is 12.3. The highest BCUT2D eigenvalue weighted by Crippen LogP contribution is 2.31. The zero-order valence-corrected chi connectivity index (χ0v) is 16.3. The van der Waals surface area contributed by atoms with E-state index in [1.807, 2.05) is 30.3 Å². The molecule has 4 rings (SSSR count). The number of benzene rings is 2. The van der Waals surface area contributed by atoms with Gasteiger partial charge >= 0.3 is 0 Å². The van der Waals surface area contributed by atoms with E-state index in [0.717, 1.165) is 29.1 Å². The summed E-state index contributed by atoms with van der Waals surface area (Å²) >= 11 is 0. The smallest absolute Gasteiger partial charge is 0.254 e. The Morgan fingerprint density at radius 3 is 2.58 bits per heavy atom. The van der Waals surface area contributed by atoms with Crippen molar-refractivity contribution in [1.29, 1.82) is 0 Å². The van der Waals surface area contributed by atoms with Crippen LogP contribution in [0.4, 0.5) is 0 Å². The van der Waals surface area contributed by atoms with E-state index in [9.17, 15) is 0 Å². The first-order valence-corrected chi connectivity index (χ1v) is 8.49. The van der Waals surface area contributed by atoms with Gasteiger partial charge in [0.15, 0.2) is 11.8 Å². The maximum absolute atomic E-state index is 6.21. The van der Waals surface area contributed by atoms with Crippen molar-refractivity contribution in [1.82, 2.24) is 4.57 Å². The fourth-order valence-electron chi connectivity index (χ4n) is 3.36. The van der Waals surface area contributed by atoms with Crippen molar-refractivity contribution in [3.8, 4) is 0 Å². The topological polar surface area (TPSA) is 21.9 Å². The molecule has 0 aliphatic carbocycles. The predicted octanol–water partition coefficient (Wildman–Crippen LogP) is 1.66. The second-order valence-corrected chi connectivity index (χ2v) is 6.19. The summed E-state index contributed by atoms with van der Waals surface area (Å²) in [5.74, 6) is 2.10. The minimum atomic E-state index is -0.000310. The van der Waals surface area contributed by atoms with Crippen molar-refractivity contribution in [2.45, 2.75) is 19.5 Å². The van der Waals surface area contributed by atoms with Crippen LogP contribution in [0.15, 0.2) is 90.1 Å². The van der Waals surface area contributed by atoms with Crippen LogP contribution >= 0.6 is 0 Å². The summed E-state index contributed by atoms with van der Waals surface area (Å²) in [4.78, 5) is 0. The summed E-state index contributed by atoms with van der Waals surface area (Å²) in [5.41, 5.74) is 2.12. The predicted molar refractivity (Wildman–Crippen MR) is 99.5 cm³/mol. The number of aromatic nitrogens is 2. The van der Waals surface area contributed by atoms with Crippen LogP contribution in [0.2, 0.25) is 0 Å². The molecule has 26 heavy (non-hydrogen) atoms. The van der Waals surface area contributed by atoms with Crippen LogP contribution in [0.5, 0.6) is 0 Å². The molecule has 0 N–H and O–H groups in total. The summed E-state index contributed by atoms with van der Waals surface area (Å²) in [6.45, 7) is 6.77. The number of furan rings is 1. The number of nitrogens with zero attached hydrogens (tertiary/aromatic N) is 2. The lowest BCUT2D eigenvalue weighted by molar-refractivity contribution is -0.692. The summed E-state index contributed by atoms with van der Waals surface area (Å²) in [6.07, 6.45) is 6.12. The standard InChI is InChI=1S/C22H21N2O.BrH/c1-3-13-23-14-15-24(17(23)2)22(18-9-5-4-6-10-18)21-16-19-11-7-8-12-20(19)25-21;/h3-12,14-16,22H,1,13H2,2H3;1H/q+1;/p-1. The minimum absolute atomic E-state index is 0. The number of halogens is 1. The van der Waals surface area contributed by atoms with Gasteiger partial charge in [0.1, 0.15) is 24.5 Å². The third-order valence-electron chi connectivity index (χ3n) is 4.63. The van der Waals surface area contributed by atoms with Gasteiger partial charge in [-0.1, -0.05) is 61.2 Å². The third-order valence-corrected chi connectivity index (χ3v) is 4.63. The Hall–Kier alpha value is -2.59. The number of imidazole rings is 1. The molecular formula is C22H21BrN2O. The maximum atomic E-state index is 6.21. The van der Waals surface area contributed by atoms with Gasteiger partial charge in [0.2, 0.25) is 0 Å². The number of allylic oxidation sites excluding steroid dienone is 1. The molecule has 4 heteroatoms. The zero-order chi connectivity index (χ0) is 17.2. The van der Waals surface area contributed by atoms with E-state index in [-0.39, 0.29) is 23.0 Å². The highest BCUT2D eigenvalue weighted by molar-refractivity contribution is 5.78. The van der Waals surface area contributed by atoms with Gasteiger partial charge in [0.05, 0.1) is 0 Å². The summed E-state index contributed by atoms with van der Waals surface area (Å²) < 4.78 is 10.7. The summed E-state index contributed by atoms with van der Waals surface area (Å²) in [7, 11) is 0. The van der Waals surface area contributed by atoms with Crippen molar-refractivity contribution in [3.63, 3.8) is 0 Å². The average Bonchev–Trinajstić information content (AvgIpc) is 3.22. The molecule has 1 atom stereocenters. The Morgan fingerprint density at radius 1 is 1.12 bits per heavy atom. The first kappa shape index (κ1) is 18.2. The fourth-order valence-corrected chi connectivity index (χ4v) is 3.36. The molecule has 0 radical (unpaired) electrons. The van der Waals surface area contributed by atoms with Gasteiger partial charge in [-0.2, -0.15) is 0 Å². The largest absolute Gasteiger partial charge is 1.00 e. The third kappa shape index (κ3) is 3.25. The molecule has 1 unspecified atom stereocenters. The van der Waals surface area contributed by atoms with Crippen LogP contribution in [-0.2, 0) is 6.54 Å². The molecule has 0 saturated carbocycles. The highest BCUT2D eigenvalue weighted by Gasteiger charge is 2.28. The number of fused-ring (bicyclic) bond motifs is 1. The second kappa shape index (κ2) is 7.75. The Kier molecular flexibility index (Phi) is 5.43. The van der Waals surface area contributed by atoms with Gasteiger partial charge in [-0.05, 0) is 12.1 Å². The lowest BCUT2D eigenvalue weighted by Crippen LogP contribution is -3.00. The van der Waals surface area contributed by atoms with Gasteiger partial charge in [-0.25, -0.2) is 9.13 Å². The Bertz CT molecular complexity index is 984. The van der Waals surface area contributed by atoms with Crippen molar-refractivity contribution in [2.24, 2.45) is 0 Å². The van der Waals surface area contributed by atoms with Crippen LogP contribution < -0.4 is 21.5 Å². The molecule has 0 fully saturated rings. The molecule has 2 aromatic heterocycles. The van der Waals surface area contributed by atoms with Gasteiger partial charge in [-0.3, -0.25) is 0 Å². The second-order valence-electron chi connectivity index (χ2n) is 6.19. The molecule has 132 valence electrons. The van der Waals surface area contributed by atoms with Gasteiger partial charge in [0.25, 0.3) is 5.82 Å². The fraction of sp³-hybridized carbons (Fsp3) is 0.136. The van der Waals surface area contributed by atoms with E-state index >= 15 is 0 Å². The molecule has 0 amide bonds. The van der Waals surface area contributed by atoms with E-state index < -0.39 is 0 Å². The van der Waals surface area contributed by atoms with E-state index in [0.29, 0.717) is 0 Å². The normalized spacial score (nSPS) is 11.9. The minimum Gasteiger partial charge on any atom is -1.00 e. The lowest BCUT2D eigenvalue weighted by atomic mass is 10.0. The molecule has 0 aliphatic rings. The Balaban J connectivity index is 0.00000196. The molecule has 4 aromatic rings. The SMILES string of the molecule is C=CC[n+]1ccn(C(c2ccccc2)c2cc3ccccc3o2)c1C.[Br-]. The molecule has 0 saturated heterocycles. The van der Waals surface area contributed by atoms with Gasteiger partial charge < -0.3 is 21.4 Å². The van der Waals surface area contributed by atoms with Gasteiger partial charge in [0, 0.05) is 17.9 Å². The van der Waals surface area contributed by atoms with Crippen molar-refractivity contribution < 1.29 is 26.0 Å². The summed E-state index contributed by atoms with van der Waals surface area (Å²) in [5, 5.41) is 1.13. The highest BCUT2D eigenvalue weighted by atomic mass is 79.9. The number of rotatable bonds is 5. The molecule has 2 aromatic carbocycles. The molecule has 0 aliphatic heterocycles. The monoisotopic (exact) mass is 408 g/mol. The molecule has 0 spiro atoms. The van der Waals surface area contributed by atoms with Crippen LogP contribution in [0.25, 0.3) is 11.0 Å². The maximum Gasteiger partial charge on any atom is 0.254 e. The van der Waals surface area contributed by atoms with Crippen LogP contribution in [0, 0.1) is 6.92 Å². The number of para-hydroxylation sites is 1. The number of hydrogen-bond acceptors (Lipinski definition) is 1. The zero-order valence-electron chi connectivity index (χ0n) is 14.7. The first-order valence-electron chi connectivity index (χ1n) is 8.49. The van der Waals surface area contributed by atoms with Crippen molar-refractivity contribution >= 4 is 11.0 Å². The van der Waals surface area contributed by atoms with Crippen LogP contribution in [-0.4, -0.2) is 4.57 Å². The van der Waals surface area contributed by atoms with Crippen LogP contribution in [0.1, 0.15) is 23.2 Å². The van der Waals surface area contributed by atoms with Crippen LogP contribution in [0.3, 0.4) is 0 Å². The average molecular weight is 409 g/mol. The summed E-state index contributed by atoms with van der Waals surface area (Å²) in [6, 6.07) is 20.8. The van der Waals surface area contributed by atoms with Crippen molar-refractivity contribution in [3.05, 3.63) is 103 Å². The molecule has 0 bridgehead atoms. The molecule has 3 nitrogen and oxygen atoms in total. The Morgan fingerprint density at radius 2 is 1.85 bits per heavy atom. The van der Waals surface area contributed by atoms with Gasteiger partial charge in [-0.15, -0.1) is 0 Å².